The Morgan fingerprint density at radius 3 is 2.68 bits per heavy atom. The van der Waals surface area contributed by atoms with Crippen LogP contribution in [0.25, 0.3) is 0 Å². The zero-order valence-corrected chi connectivity index (χ0v) is 13.8. The van der Waals surface area contributed by atoms with E-state index in [1.54, 1.807) is 12.1 Å². The van der Waals surface area contributed by atoms with Gasteiger partial charge < -0.3 is 4.52 Å². The van der Waals surface area contributed by atoms with Gasteiger partial charge >= 0.3 is 0 Å². The maximum atomic E-state index is 12.5. The van der Waals surface area contributed by atoms with Crippen LogP contribution < -0.4 is 0 Å². The first-order valence-corrected chi connectivity index (χ1v) is 8.79. The highest BCUT2D eigenvalue weighted by molar-refractivity contribution is 7.89. The molecule has 118 valence electrons. The predicted molar refractivity (Wildman–Crippen MR) is 81.3 cm³/mol. The SMILES string of the molecule is CC(C)c1noc(C2CN(S(=O)(=O)c3cccc(Cl)c3)C2)n1. The van der Waals surface area contributed by atoms with Crippen LogP contribution in [0.1, 0.15) is 37.4 Å². The van der Waals surface area contributed by atoms with E-state index in [2.05, 4.69) is 10.1 Å². The zero-order chi connectivity index (χ0) is 15.9. The Bertz CT molecular complexity index is 782. The van der Waals surface area contributed by atoms with Gasteiger partial charge in [-0.3, -0.25) is 0 Å². The average Bonchev–Trinajstić information content (AvgIpc) is 2.86. The van der Waals surface area contributed by atoms with Gasteiger partial charge in [-0.1, -0.05) is 36.7 Å². The molecule has 1 aromatic heterocycles. The summed E-state index contributed by atoms with van der Waals surface area (Å²) >= 11 is 5.86. The number of hydrogen-bond acceptors (Lipinski definition) is 5. The molecule has 3 rings (SSSR count). The maximum Gasteiger partial charge on any atom is 0.243 e. The number of sulfonamides is 1. The van der Waals surface area contributed by atoms with Crippen LogP contribution in [0.5, 0.6) is 0 Å². The second-order valence-corrected chi connectivity index (χ2v) is 8.00. The Morgan fingerprint density at radius 2 is 2.09 bits per heavy atom. The molecule has 1 aromatic carbocycles. The summed E-state index contributed by atoms with van der Waals surface area (Å²) in [5.74, 6) is 1.28. The summed E-state index contributed by atoms with van der Waals surface area (Å²) in [5.41, 5.74) is 0. The number of halogens is 1. The molecule has 1 aliphatic heterocycles. The lowest BCUT2D eigenvalue weighted by Crippen LogP contribution is -2.48. The molecule has 0 amide bonds. The first-order chi connectivity index (χ1) is 10.4. The van der Waals surface area contributed by atoms with Crippen LogP contribution in [0.2, 0.25) is 5.02 Å². The van der Waals surface area contributed by atoms with E-state index in [-0.39, 0.29) is 16.7 Å². The van der Waals surface area contributed by atoms with Crippen molar-refractivity contribution in [3.8, 4) is 0 Å². The highest BCUT2D eigenvalue weighted by Crippen LogP contribution is 2.32. The van der Waals surface area contributed by atoms with Gasteiger partial charge in [-0.25, -0.2) is 8.42 Å². The Morgan fingerprint density at radius 1 is 1.36 bits per heavy atom. The van der Waals surface area contributed by atoms with E-state index in [1.165, 1.54) is 16.4 Å². The van der Waals surface area contributed by atoms with Gasteiger partial charge in [0.1, 0.15) is 0 Å². The third-order valence-corrected chi connectivity index (χ3v) is 5.67. The highest BCUT2D eigenvalue weighted by atomic mass is 35.5. The molecule has 0 atom stereocenters. The molecule has 22 heavy (non-hydrogen) atoms. The average molecular weight is 342 g/mol. The molecular formula is C14H16ClN3O3S. The van der Waals surface area contributed by atoms with Gasteiger partial charge in [0.05, 0.1) is 10.8 Å². The second kappa shape index (κ2) is 5.64. The van der Waals surface area contributed by atoms with Crippen LogP contribution in [0.4, 0.5) is 0 Å². The summed E-state index contributed by atoms with van der Waals surface area (Å²) in [6, 6.07) is 6.26. The molecule has 0 spiro atoms. The molecule has 1 saturated heterocycles. The number of benzene rings is 1. The van der Waals surface area contributed by atoms with E-state index in [0.29, 0.717) is 29.8 Å². The molecule has 2 heterocycles. The highest BCUT2D eigenvalue weighted by Gasteiger charge is 2.40. The van der Waals surface area contributed by atoms with Crippen molar-refractivity contribution in [3.05, 3.63) is 41.0 Å². The lowest BCUT2D eigenvalue weighted by Gasteiger charge is -2.35. The lowest BCUT2D eigenvalue weighted by molar-refractivity contribution is 0.216. The molecule has 2 aromatic rings. The summed E-state index contributed by atoms with van der Waals surface area (Å²) < 4.78 is 31.5. The molecule has 0 bridgehead atoms. The minimum absolute atomic E-state index is 0.0473. The summed E-state index contributed by atoms with van der Waals surface area (Å²) in [4.78, 5) is 4.52. The molecule has 0 aliphatic carbocycles. The van der Waals surface area contributed by atoms with Gasteiger partial charge in [0, 0.05) is 24.0 Å². The minimum atomic E-state index is -3.52. The Hall–Kier alpha value is -1.44. The van der Waals surface area contributed by atoms with Crippen molar-refractivity contribution in [1.82, 2.24) is 14.4 Å². The van der Waals surface area contributed by atoms with Crippen LogP contribution in [-0.2, 0) is 10.0 Å². The van der Waals surface area contributed by atoms with Crippen molar-refractivity contribution < 1.29 is 12.9 Å². The standard InChI is InChI=1S/C14H16ClN3O3S/c1-9(2)13-16-14(21-17-13)10-7-18(8-10)22(19,20)12-5-3-4-11(15)6-12/h3-6,9-10H,7-8H2,1-2H3. The monoisotopic (exact) mass is 341 g/mol. The van der Waals surface area contributed by atoms with Crippen molar-refractivity contribution in [3.63, 3.8) is 0 Å². The summed E-state index contributed by atoms with van der Waals surface area (Å²) in [6.45, 7) is 4.64. The van der Waals surface area contributed by atoms with Gasteiger partial charge in [0.25, 0.3) is 0 Å². The minimum Gasteiger partial charge on any atom is -0.339 e. The molecule has 0 N–H and O–H groups in total. The van der Waals surface area contributed by atoms with Gasteiger partial charge in [0.15, 0.2) is 5.82 Å². The maximum absolute atomic E-state index is 12.5. The molecule has 8 heteroatoms. The van der Waals surface area contributed by atoms with Crippen LogP contribution in [0.15, 0.2) is 33.7 Å². The van der Waals surface area contributed by atoms with E-state index in [4.69, 9.17) is 16.1 Å². The third-order valence-electron chi connectivity index (χ3n) is 3.60. The van der Waals surface area contributed by atoms with Crippen LogP contribution in [0, 0.1) is 0 Å². The first kappa shape index (κ1) is 15.5. The van der Waals surface area contributed by atoms with Gasteiger partial charge in [-0.05, 0) is 18.2 Å². The molecule has 6 nitrogen and oxygen atoms in total. The van der Waals surface area contributed by atoms with Crippen molar-refractivity contribution in [2.75, 3.05) is 13.1 Å². The molecule has 1 fully saturated rings. The van der Waals surface area contributed by atoms with E-state index >= 15 is 0 Å². The fraction of sp³-hybridized carbons (Fsp3) is 0.429. The summed E-state index contributed by atoms with van der Waals surface area (Å²) in [5, 5.41) is 4.30. The Kier molecular flexibility index (Phi) is 3.96. The van der Waals surface area contributed by atoms with E-state index in [9.17, 15) is 8.42 Å². The van der Waals surface area contributed by atoms with Gasteiger partial charge in [0.2, 0.25) is 15.9 Å². The van der Waals surface area contributed by atoms with Crippen molar-refractivity contribution >= 4 is 21.6 Å². The molecule has 0 saturated carbocycles. The van der Waals surface area contributed by atoms with Crippen LogP contribution in [-0.4, -0.2) is 36.0 Å². The van der Waals surface area contributed by atoms with Crippen molar-refractivity contribution in [1.29, 1.82) is 0 Å². The van der Waals surface area contributed by atoms with Crippen molar-refractivity contribution in [2.45, 2.75) is 30.6 Å². The first-order valence-electron chi connectivity index (χ1n) is 6.97. The molecule has 0 radical (unpaired) electrons. The fourth-order valence-corrected chi connectivity index (χ4v) is 4.05. The zero-order valence-electron chi connectivity index (χ0n) is 12.2. The molecule has 1 aliphatic rings. The Balaban J connectivity index is 1.72. The number of nitrogens with zero attached hydrogens (tertiary/aromatic N) is 3. The number of rotatable bonds is 4. The normalized spacial score (nSPS) is 16.9. The van der Waals surface area contributed by atoms with Gasteiger partial charge in [-0.15, -0.1) is 0 Å². The number of hydrogen-bond donors (Lipinski definition) is 0. The largest absolute Gasteiger partial charge is 0.339 e. The fourth-order valence-electron chi connectivity index (χ4n) is 2.21. The Labute approximate surface area is 134 Å². The predicted octanol–water partition coefficient (Wildman–Crippen LogP) is 2.63. The van der Waals surface area contributed by atoms with Crippen LogP contribution in [0.3, 0.4) is 0 Å². The second-order valence-electron chi connectivity index (χ2n) is 5.62. The smallest absolute Gasteiger partial charge is 0.243 e. The lowest BCUT2D eigenvalue weighted by atomic mass is 10.0. The topological polar surface area (TPSA) is 76.3 Å². The van der Waals surface area contributed by atoms with E-state index in [1.807, 2.05) is 13.8 Å². The quantitative estimate of drug-likeness (QED) is 0.854. The third kappa shape index (κ3) is 2.76. The molecule has 0 unspecified atom stereocenters. The van der Waals surface area contributed by atoms with E-state index < -0.39 is 10.0 Å². The number of aromatic nitrogens is 2. The molecular weight excluding hydrogens is 326 g/mol. The summed E-state index contributed by atoms with van der Waals surface area (Å²) in [6.07, 6.45) is 0. The van der Waals surface area contributed by atoms with Crippen LogP contribution >= 0.6 is 11.6 Å². The van der Waals surface area contributed by atoms with E-state index in [0.717, 1.165) is 0 Å². The van der Waals surface area contributed by atoms with Crippen molar-refractivity contribution in [2.24, 2.45) is 0 Å². The summed E-state index contributed by atoms with van der Waals surface area (Å²) in [7, 11) is -3.52. The van der Waals surface area contributed by atoms with Gasteiger partial charge in [-0.2, -0.15) is 9.29 Å².